The van der Waals surface area contributed by atoms with Crippen molar-refractivity contribution in [3.8, 4) is 0 Å². The zero-order valence-corrected chi connectivity index (χ0v) is 11.1. The quantitative estimate of drug-likeness (QED) is 0.454. The van der Waals surface area contributed by atoms with Crippen molar-refractivity contribution in [2.75, 3.05) is 0 Å². The average molecular weight is 327 g/mol. The number of hydrogen-bond acceptors (Lipinski definition) is 2. The lowest BCUT2D eigenvalue weighted by Gasteiger charge is -2.07. The van der Waals surface area contributed by atoms with E-state index in [1.165, 1.54) is 0 Å². The summed E-state index contributed by atoms with van der Waals surface area (Å²) < 4.78 is 64.3. The Kier molecular flexibility index (Phi) is 3.20. The first-order valence-corrected chi connectivity index (χ1v) is 6.25. The van der Waals surface area contributed by atoms with Crippen LogP contribution in [-0.4, -0.2) is 16.2 Å². The molecule has 3 nitrogen and oxygen atoms in total. The first-order chi connectivity index (χ1) is 10.7. The van der Waals surface area contributed by atoms with Gasteiger partial charge in [-0.2, -0.15) is 17.9 Å². The van der Waals surface area contributed by atoms with Gasteiger partial charge in [-0.15, -0.1) is 0 Å². The number of benzene rings is 2. The predicted molar refractivity (Wildman–Crippen MR) is 69.5 cm³/mol. The number of rotatable bonds is 1. The summed E-state index contributed by atoms with van der Waals surface area (Å²) in [7, 11) is 0. The van der Waals surface area contributed by atoms with E-state index >= 15 is 0 Å². The second-order valence-corrected chi connectivity index (χ2v) is 4.83. The highest BCUT2D eigenvalue weighted by atomic mass is 19.4. The minimum absolute atomic E-state index is 0.000412. The smallest absolute Gasteiger partial charge is 0.416 e. The molecule has 0 atom stereocenters. The third kappa shape index (κ3) is 2.36. The molecule has 0 bridgehead atoms. The molecule has 0 unspecified atom stereocenters. The van der Waals surface area contributed by atoms with Gasteiger partial charge >= 0.3 is 6.18 Å². The summed E-state index contributed by atoms with van der Waals surface area (Å²) in [5.41, 5.74) is -2.57. The summed E-state index contributed by atoms with van der Waals surface area (Å²) in [6.45, 7) is 0. The van der Waals surface area contributed by atoms with Gasteiger partial charge < -0.3 is 5.21 Å². The van der Waals surface area contributed by atoms with Gasteiger partial charge in [0.25, 0.3) is 11.5 Å². The van der Waals surface area contributed by atoms with Crippen molar-refractivity contribution >= 4 is 17.2 Å². The minimum atomic E-state index is -4.68. The highest BCUT2D eigenvalue weighted by molar-refractivity contribution is 6.52. The molecule has 0 fully saturated rings. The fourth-order valence-electron chi connectivity index (χ4n) is 2.30. The largest absolute Gasteiger partial charge is 0.618 e. The van der Waals surface area contributed by atoms with Crippen LogP contribution in [0.1, 0.15) is 21.5 Å². The molecule has 1 heterocycles. The monoisotopic (exact) mass is 327 g/mol. The van der Waals surface area contributed by atoms with E-state index in [4.69, 9.17) is 0 Å². The van der Waals surface area contributed by atoms with Crippen LogP contribution in [0.4, 0.5) is 27.6 Å². The normalized spacial score (nSPS) is 14.4. The topological polar surface area (TPSA) is 43.1 Å². The molecule has 0 aromatic heterocycles. The molecule has 0 amide bonds. The van der Waals surface area contributed by atoms with Crippen molar-refractivity contribution < 1.29 is 31.5 Å². The van der Waals surface area contributed by atoms with Crippen LogP contribution in [0.5, 0.6) is 0 Å². The van der Waals surface area contributed by atoms with Crippen LogP contribution in [0.3, 0.4) is 0 Å². The summed E-state index contributed by atoms with van der Waals surface area (Å²) in [4.78, 5) is 12.2. The number of Topliss-reactive ketones (excluding diaryl/α,β-unsaturated/α-hetero) is 1. The highest BCUT2D eigenvalue weighted by Crippen LogP contribution is 2.36. The molecule has 3 rings (SSSR count). The zero-order valence-electron chi connectivity index (χ0n) is 11.1. The van der Waals surface area contributed by atoms with E-state index in [-0.39, 0.29) is 15.9 Å². The average Bonchev–Trinajstić information content (AvgIpc) is 2.73. The molecule has 0 saturated heterocycles. The lowest BCUT2D eigenvalue weighted by atomic mass is 10.0. The number of halogens is 5. The van der Waals surface area contributed by atoms with E-state index in [0.717, 1.165) is 18.2 Å². The van der Waals surface area contributed by atoms with Crippen LogP contribution < -0.4 is 0 Å². The van der Waals surface area contributed by atoms with E-state index in [2.05, 4.69) is 0 Å². The lowest BCUT2D eigenvalue weighted by Crippen LogP contribution is -2.17. The lowest BCUT2D eigenvalue weighted by molar-refractivity contribution is -0.355. The molecule has 118 valence electrons. The Balaban J connectivity index is 2.17. The number of nitrogens with zero attached hydrogens (tertiary/aromatic N) is 1. The van der Waals surface area contributed by atoms with Crippen molar-refractivity contribution in [1.82, 2.24) is 0 Å². The maximum atomic E-state index is 13.3. The third-order valence-corrected chi connectivity index (χ3v) is 3.40. The molecule has 23 heavy (non-hydrogen) atoms. The summed E-state index contributed by atoms with van der Waals surface area (Å²) in [5, 5.41) is 12.2. The molecule has 2 aromatic carbocycles. The molecule has 0 aliphatic carbocycles. The van der Waals surface area contributed by atoms with Crippen LogP contribution in [-0.2, 0) is 6.18 Å². The zero-order chi connectivity index (χ0) is 16.9. The van der Waals surface area contributed by atoms with Gasteiger partial charge in [-0.05, 0) is 30.3 Å². The Morgan fingerprint density at radius 2 is 1.65 bits per heavy atom. The molecular formula is C15H6F5NO2. The standard InChI is InChI=1S/C15H6F5NO2/c16-10-4-1-7(5-11(10)17)13-14(22)9-3-2-8(15(18,19)20)6-12(9)21(13)23/h1-6H. The van der Waals surface area contributed by atoms with Crippen LogP contribution in [0.2, 0.25) is 0 Å². The molecular weight excluding hydrogens is 321 g/mol. The van der Waals surface area contributed by atoms with Gasteiger partial charge in [0.1, 0.15) is 5.56 Å². The molecule has 0 spiro atoms. The molecule has 8 heteroatoms. The van der Waals surface area contributed by atoms with Crippen molar-refractivity contribution in [2.45, 2.75) is 6.18 Å². The molecule has 1 aliphatic heterocycles. The van der Waals surface area contributed by atoms with Gasteiger partial charge in [0.15, 0.2) is 11.6 Å². The second kappa shape index (κ2) is 4.87. The number of carbonyl (C=O) groups is 1. The van der Waals surface area contributed by atoms with E-state index in [1.807, 2.05) is 0 Å². The third-order valence-electron chi connectivity index (χ3n) is 3.40. The Morgan fingerprint density at radius 1 is 0.957 bits per heavy atom. The second-order valence-electron chi connectivity index (χ2n) is 4.83. The van der Waals surface area contributed by atoms with Crippen LogP contribution >= 0.6 is 0 Å². The summed E-state index contributed by atoms with van der Waals surface area (Å²) in [5.74, 6) is -3.30. The fourth-order valence-corrected chi connectivity index (χ4v) is 2.30. The Hall–Kier alpha value is -2.77. The Bertz CT molecular complexity index is 871. The Labute approximate surface area is 125 Å². The summed E-state index contributed by atoms with van der Waals surface area (Å²) >= 11 is 0. The maximum Gasteiger partial charge on any atom is 0.416 e. The molecule has 0 N–H and O–H groups in total. The number of carbonyl (C=O) groups excluding carboxylic acids is 1. The molecule has 0 radical (unpaired) electrons. The van der Waals surface area contributed by atoms with Crippen LogP contribution in [0.25, 0.3) is 0 Å². The number of fused-ring (bicyclic) bond motifs is 1. The molecule has 2 aromatic rings. The van der Waals surface area contributed by atoms with E-state index < -0.39 is 40.6 Å². The van der Waals surface area contributed by atoms with Gasteiger partial charge in [-0.1, -0.05) is 0 Å². The van der Waals surface area contributed by atoms with Gasteiger partial charge in [0.2, 0.25) is 5.69 Å². The number of ketones is 1. The fraction of sp³-hybridized carbons (Fsp3) is 0.0667. The summed E-state index contributed by atoms with van der Waals surface area (Å²) in [6.07, 6.45) is -4.68. The summed E-state index contributed by atoms with van der Waals surface area (Å²) in [6, 6.07) is 4.49. The number of alkyl halides is 3. The molecule has 1 aliphatic rings. The first kappa shape index (κ1) is 15.1. The van der Waals surface area contributed by atoms with E-state index in [9.17, 15) is 32.0 Å². The van der Waals surface area contributed by atoms with Crippen LogP contribution in [0, 0.1) is 16.8 Å². The van der Waals surface area contributed by atoms with Gasteiger partial charge in [0, 0.05) is 6.07 Å². The van der Waals surface area contributed by atoms with Crippen molar-refractivity contribution in [3.63, 3.8) is 0 Å². The van der Waals surface area contributed by atoms with Crippen molar-refractivity contribution in [1.29, 1.82) is 0 Å². The minimum Gasteiger partial charge on any atom is -0.618 e. The van der Waals surface area contributed by atoms with Gasteiger partial charge in [-0.3, -0.25) is 4.79 Å². The number of hydrogen-bond donors (Lipinski definition) is 0. The van der Waals surface area contributed by atoms with E-state index in [0.29, 0.717) is 18.2 Å². The van der Waals surface area contributed by atoms with Crippen LogP contribution in [0.15, 0.2) is 36.4 Å². The van der Waals surface area contributed by atoms with Gasteiger partial charge in [-0.25, -0.2) is 8.78 Å². The molecule has 0 saturated carbocycles. The SMILES string of the molecule is O=C1C(c2ccc(F)c(F)c2)=[N+]([O-])c2cc(C(F)(F)F)ccc21. The van der Waals surface area contributed by atoms with Gasteiger partial charge in [0.05, 0.1) is 11.1 Å². The van der Waals surface area contributed by atoms with Crippen molar-refractivity contribution in [3.05, 3.63) is 69.9 Å². The predicted octanol–water partition coefficient (Wildman–Crippen LogP) is 3.81. The maximum absolute atomic E-state index is 13.3. The Morgan fingerprint density at radius 3 is 2.26 bits per heavy atom. The van der Waals surface area contributed by atoms with Crippen molar-refractivity contribution in [2.24, 2.45) is 0 Å². The first-order valence-electron chi connectivity index (χ1n) is 6.25. The van der Waals surface area contributed by atoms with E-state index in [1.54, 1.807) is 0 Å². The highest BCUT2D eigenvalue weighted by Gasteiger charge is 2.40.